The molecule has 1 saturated carbocycles. The molecule has 3 heteroatoms. The van der Waals surface area contributed by atoms with E-state index in [9.17, 15) is 0 Å². The number of hydrogen-bond donors (Lipinski definition) is 0. The summed E-state index contributed by atoms with van der Waals surface area (Å²) in [5, 5.41) is 0.344. The number of halogens is 2. The van der Waals surface area contributed by atoms with Crippen LogP contribution in [0.25, 0.3) is 0 Å². The van der Waals surface area contributed by atoms with Gasteiger partial charge in [0, 0.05) is 22.2 Å². The monoisotopic (exact) mass is 315 g/mol. The van der Waals surface area contributed by atoms with Crippen LogP contribution in [0.5, 0.6) is 0 Å². The van der Waals surface area contributed by atoms with Gasteiger partial charge in [0.2, 0.25) is 0 Å². The first-order valence-electron chi connectivity index (χ1n) is 6.42. The standard InChI is InChI=1S/C14H19BrClN/c1-2-10-3-4-14(16)12(5-10)6-11-7-13(15)9-17-8-11/h7-10,12,14H,2-6H2,1H3. The Hall–Kier alpha value is -0.0800. The molecule has 1 nitrogen and oxygen atoms in total. The van der Waals surface area contributed by atoms with Gasteiger partial charge in [0.05, 0.1) is 0 Å². The lowest BCUT2D eigenvalue weighted by Crippen LogP contribution is -2.26. The van der Waals surface area contributed by atoms with E-state index in [1.165, 1.54) is 31.2 Å². The fourth-order valence-electron chi connectivity index (χ4n) is 2.78. The molecule has 0 aromatic carbocycles. The van der Waals surface area contributed by atoms with Gasteiger partial charge in [-0.1, -0.05) is 13.3 Å². The topological polar surface area (TPSA) is 12.9 Å². The fourth-order valence-corrected chi connectivity index (χ4v) is 3.51. The number of hydrogen-bond acceptors (Lipinski definition) is 1. The zero-order chi connectivity index (χ0) is 12.3. The molecule has 0 radical (unpaired) electrons. The maximum Gasteiger partial charge on any atom is 0.0410 e. The van der Waals surface area contributed by atoms with E-state index in [1.807, 2.05) is 12.4 Å². The molecule has 94 valence electrons. The minimum absolute atomic E-state index is 0.344. The Bertz CT molecular complexity index is 369. The van der Waals surface area contributed by atoms with E-state index in [4.69, 9.17) is 11.6 Å². The lowest BCUT2D eigenvalue weighted by molar-refractivity contribution is 0.264. The van der Waals surface area contributed by atoms with Crippen molar-refractivity contribution in [2.24, 2.45) is 11.8 Å². The Balaban J connectivity index is 2.01. The first-order chi connectivity index (χ1) is 8.19. The zero-order valence-electron chi connectivity index (χ0n) is 10.2. The van der Waals surface area contributed by atoms with Gasteiger partial charge >= 0.3 is 0 Å². The molecular formula is C14H19BrClN. The zero-order valence-corrected chi connectivity index (χ0v) is 12.5. The van der Waals surface area contributed by atoms with Gasteiger partial charge in [-0.05, 0) is 65.1 Å². The molecule has 17 heavy (non-hydrogen) atoms. The lowest BCUT2D eigenvalue weighted by Gasteiger charge is -2.32. The van der Waals surface area contributed by atoms with Crippen LogP contribution in [0, 0.1) is 11.8 Å². The first kappa shape index (κ1) is 13.4. The Morgan fingerprint density at radius 3 is 2.94 bits per heavy atom. The highest BCUT2D eigenvalue weighted by molar-refractivity contribution is 9.10. The van der Waals surface area contributed by atoms with Crippen molar-refractivity contribution in [1.29, 1.82) is 0 Å². The summed E-state index contributed by atoms with van der Waals surface area (Å²) in [4.78, 5) is 4.22. The van der Waals surface area contributed by atoms with Gasteiger partial charge < -0.3 is 0 Å². The maximum absolute atomic E-state index is 6.46. The van der Waals surface area contributed by atoms with Crippen LogP contribution in [0.3, 0.4) is 0 Å². The minimum atomic E-state index is 0.344. The molecule has 1 fully saturated rings. The quantitative estimate of drug-likeness (QED) is 0.729. The predicted molar refractivity (Wildman–Crippen MR) is 76.4 cm³/mol. The molecule has 0 amide bonds. The highest BCUT2D eigenvalue weighted by Crippen LogP contribution is 2.36. The summed E-state index contributed by atoms with van der Waals surface area (Å²) in [6.07, 6.45) is 9.90. The van der Waals surface area contributed by atoms with Crippen LogP contribution in [0.2, 0.25) is 0 Å². The number of aromatic nitrogens is 1. The van der Waals surface area contributed by atoms with Crippen molar-refractivity contribution < 1.29 is 0 Å². The largest absolute Gasteiger partial charge is 0.263 e. The first-order valence-corrected chi connectivity index (χ1v) is 7.65. The van der Waals surface area contributed by atoms with E-state index < -0.39 is 0 Å². The van der Waals surface area contributed by atoms with E-state index in [0.717, 1.165) is 16.8 Å². The highest BCUT2D eigenvalue weighted by atomic mass is 79.9. The van der Waals surface area contributed by atoms with Crippen molar-refractivity contribution in [3.8, 4) is 0 Å². The van der Waals surface area contributed by atoms with Gasteiger partial charge in [-0.3, -0.25) is 4.98 Å². The van der Waals surface area contributed by atoms with Crippen molar-refractivity contribution in [3.05, 3.63) is 28.5 Å². The Morgan fingerprint density at radius 2 is 2.24 bits per heavy atom. The number of alkyl halides is 1. The van der Waals surface area contributed by atoms with Crippen LogP contribution in [-0.4, -0.2) is 10.4 Å². The average Bonchev–Trinajstić information content (AvgIpc) is 2.32. The van der Waals surface area contributed by atoms with Crippen LogP contribution in [0.1, 0.15) is 38.2 Å². The van der Waals surface area contributed by atoms with Crippen LogP contribution in [0.15, 0.2) is 22.9 Å². The lowest BCUT2D eigenvalue weighted by atomic mass is 9.77. The molecule has 0 bridgehead atoms. The molecule has 0 aliphatic heterocycles. The van der Waals surface area contributed by atoms with Crippen molar-refractivity contribution >= 4 is 27.5 Å². The molecule has 2 rings (SSSR count). The van der Waals surface area contributed by atoms with Gasteiger partial charge in [0.1, 0.15) is 0 Å². The summed E-state index contributed by atoms with van der Waals surface area (Å²) in [6.45, 7) is 2.29. The average molecular weight is 317 g/mol. The summed E-state index contributed by atoms with van der Waals surface area (Å²) in [7, 11) is 0. The Kier molecular flexibility index (Phi) is 4.87. The molecule has 0 spiro atoms. The van der Waals surface area contributed by atoms with Gasteiger partial charge in [0.15, 0.2) is 0 Å². The van der Waals surface area contributed by atoms with Gasteiger partial charge in [-0.25, -0.2) is 0 Å². The van der Waals surface area contributed by atoms with Crippen LogP contribution in [-0.2, 0) is 6.42 Å². The smallest absolute Gasteiger partial charge is 0.0410 e. The third kappa shape index (κ3) is 3.69. The second-order valence-corrected chi connectivity index (χ2v) is 6.56. The second-order valence-electron chi connectivity index (χ2n) is 5.08. The third-order valence-corrected chi connectivity index (χ3v) is 4.84. The van der Waals surface area contributed by atoms with E-state index >= 15 is 0 Å². The van der Waals surface area contributed by atoms with Crippen LogP contribution in [0.4, 0.5) is 0 Å². The molecule has 0 saturated heterocycles. The van der Waals surface area contributed by atoms with Crippen LogP contribution >= 0.6 is 27.5 Å². The number of rotatable bonds is 3. The highest BCUT2D eigenvalue weighted by Gasteiger charge is 2.28. The molecule has 1 heterocycles. The van der Waals surface area contributed by atoms with Crippen LogP contribution < -0.4 is 0 Å². The molecule has 0 N–H and O–H groups in total. The number of pyridine rings is 1. The van der Waals surface area contributed by atoms with Crippen molar-refractivity contribution in [1.82, 2.24) is 4.98 Å². The Morgan fingerprint density at radius 1 is 1.41 bits per heavy atom. The van der Waals surface area contributed by atoms with E-state index in [0.29, 0.717) is 11.3 Å². The summed E-state index contributed by atoms with van der Waals surface area (Å²) in [6, 6.07) is 2.16. The number of nitrogens with zero attached hydrogens (tertiary/aromatic N) is 1. The summed E-state index contributed by atoms with van der Waals surface area (Å²) < 4.78 is 1.06. The van der Waals surface area contributed by atoms with Crippen molar-refractivity contribution in [2.75, 3.05) is 0 Å². The molecule has 3 unspecified atom stereocenters. The normalized spacial score (nSPS) is 29.2. The molecule has 1 aromatic heterocycles. The summed E-state index contributed by atoms with van der Waals surface area (Å²) in [5.41, 5.74) is 1.30. The third-order valence-electron chi connectivity index (χ3n) is 3.84. The van der Waals surface area contributed by atoms with Crippen molar-refractivity contribution in [2.45, 2.75) is 44.4 Å². The Labute approximate surface area is 117 Å². The summed E-state index contributed by atoms with van der Waals surface area (Å²) in [5.74, 6) is 1.49. The second kappa shape index (κ2) is 6.19. The molecular weight excluding hydrogens is 298 g/mol. The summed E-state index contributed by atoms with van der Waals surface area (Å²) >= 11 is 9.93. The maximum atomic E-state index is 6.46. The molecule has 1 aliphatic rings. The SMILES string of the molecule is CCC1CCC(Cl)C(Cc2cncc(Br)c2)C1. The van der Waals surface area contributed by atoms with Gasteiger partial charge in [-0.2, -0.15) is 0 Å². The van der Waals surface area contributed by atoms with E-state index in [2.05, 4.69) is 33.9 Å². The molecule has 3 atom stereocenters. The molecule has 1 aromatic rings. The van der Waals surface area contributed by atoms with Gasteiger partial charge in [0.25, 0.3) is 0 Å². The van der Waals surface area contributed by atoms with E-state index in [-0.39, 0.29) is 0 Å². The fraction of sp³-hybridized carbons (Fsp3) is 0.643. The van der Waals surface area contributed by atoms with E-state index in [1.54, 1.807) is 0 Å². The predicted octanol–water partition coefficient (Wildman–Crippen LogP) is 4.82. The van der Waals surface area contributed by atoms with Crippen molar-refractivity contribution in [3.63, 3.8) is 0 Å². The molecule has 1 aliphatic carbocycles. The minimum Gasteiger partial charge on any atom is -0.263 e. The van der Waals surface area contributed by atoms with Gasteiger partial charge in [-0.15, -0.1) is 11.6 Å².